The van der Waals surface area contributed by atoms with Crippen LogP contribution in [-0.4, -0.2) is 31.7 Å². The summed E-state index contributed by atoms with van der Waals surface area (Å²) in [6.07, 6.45) is 1.49. The molecule has 0 spiro atoms. The molecule has 2 rings (SSSR count). The highest BCUT2D eigenvalue weighted by Gasteiger charge is 2.17. The fourth-order valence-electron chi connectivity index (χ4n) is 1.43. The highest BCUT2D eigenvalue weighted by molar-refractivity contribution is 6.00. The van der Waals surface area contributed by atoms with E-state index in [1.165, 1.54) is 10.9 Å². The number of pyridine rings is 1. The Morgan fingerprint density at radius 2 is 2.25 bits per heavy atom. The number of carbonyl (C=O) groups is 2. The van der Waals surface area contributed by atoms with Gasteiger partial charge in [0.05, 0.1) is 5.39 Å². The molecule has 1 amide bonds. The number of rotatable bonds is 3. The van der Waals surface area contributed by atoms with Gasteiger partial charge < -0.3 is 10.8 Å². The Bertz CT molecular complexity index is 575. The molecule has 0 saturated heterocycles. The average Bonchev–Trinajstić information content (AvgIpc) is 2.57. The monoisotopic (exact) mass is 220 g/mol. The van der Waals surface area contributed by atoms with Gasteiger partial charge in [0, 0.05) is 6.20 Å². The van der Waals surface area contributed by atoms with Gasteiger partial charge in [-0.3, -0.25) is 4.79 Å². The predicted octanol–water partition coefficient (Wildman–Crippen LogP) is -0.385. The molecule has 0 aliphatic rings. The molecular formula is C9H8N4O3. The lowest BCUT2D eigenvalue weighted by Crippen LogP contribution is -2.19. The maximum absolute atomic E-state index is 10.9. The number of aromatic nitrogens is 3. The van der Waals surface area contributed by atoms with Crippen molar-refractivity contribution in [2.75, 3.05) is 0 Å². The highest BCUT2D eigenvalue weighted by atomic mass is 16.4. The Morgan fingerprint density at radius 1 is 1.50 bits per heavy atom. The Balaban J connectivity index is 2.66. The smallest absolute Gasteiger partial charge is 0.357 e. The normalized spacial score (nSPS) is 10.5. The number of nitrogens with zero attached hydrogens (tertiary/aromatic N) is 3. The van der Waals surface area contributed by atoms with Gasteiger partial charge in [-0.2, -0.15) is 5.10 Å². The topological polar surface area (TPSA) is 111 Å². The lowest BCUT2D eigenvalue weighted by molar-refractivity contribution is -0.118. The minimum Gasteiger partial charge on any atom is -0.476 e. The fourth-order valence-corrected chi connectivity index (χ4v) is 1.43. The van der Waals surface area contributed by atoms with Gasteiger partial charge in [-0.05, 0) is 12.1 Å². The first-order valence-corrected chi connectivity index (χ1v) is 4.42. The lowest BCUT2D eigenvalue weighted by Gasteiger charge is -1.96. The van der Waals surface area contributed by atoms with E-state index in [0.717, 1.165) is 0 Å². The summed E-state index contributed by atoms with van der Waals surface area (Å²) < 4.78 is 1.18. The van der Waals surface area contributed by atoms with E-state index in [0.29, 0.717) is 11.0 Å². The van der Waals surface area contributed by atoms with Crippen molar-refractivity contribution < 1.29 is 14.7 Å². The summed E-state index contributed by atoms with van der Waals surface area (Å²) in [5, 5.41) is 13.1. The van der Waals surface area contributed by atoms with Gasteiger partial charge in [0.25, 0.3) is 0 Å². The number of hydrogen-bond donors (Lipinski definition) is 2. The number of carboxylic acid groups (broad SMARTS) is 1. The van der Waals surface area contributed by atoms with E-state index in [2.05, 4.69) is 10.1 Å². The summed E-state index contributed by atoms with van der Waals surface area (Å²) in [5.41, 5.74) is 5.22. The van der Waals surface area contributed by atoms with E-state index in [9.17, 15) is 9.59 Å². The number of nitrogens with two attached hydrogens (primary N) is 1. The molecule has 0 aromatic carbocycles. The number of fused-ring (bicyclic) bond motifs is 1. The van der Waals surface area contributed by atoms with Crippen LogP contribution in [0.15, 0.2) is 18.3 Å². The predicted molar refractivity (Wildman–Crippen MR) is 53.7 cm³/mol. The van der Waals surface area contributed by atoms with Crippen LogP contribution in [0.25, 0.3) is 11.0 Å². The second-order valence-corrected chi connectivity index (χ2v) is 3.15. The number of aromatic carboxylic acids is 1. The first kappa shape index (κ1) is 10.1. The molecule has 3 N–H and O–H groups in total. The molecule has 0 bridgehead atoms. The largest absolute Gasteiger partial charge is 0.476 e. The van der Waals surface area contributed by atoms with Crippen molar-refractivity contribution in [3.8, 4) is 0 Å². The van der Waals surface area contributed by atoms with E-state index in [-0.39, 0.29) is 12.2 Å². The molecule has 0 saturated carbocycles. The maximum atomic E-state index is 10.9. The Labute approximate surface area is 89.5 Å². The second kappa shape index (κ2) is 3.61. The van der Waals surface area contributed by atoms with Crippen LogP contribution in [0.1, 0.15) is 10.5 Å². The molecule has 2 aromatic rings. The minimum atomic E-state index is -1.17. The molecule has 2 aromatic heterocycles. The maximum Gasteiger partial charge on any atom is 0.357 e. The van der Waals surface area contributed by atoms with Crippen LogP contribution in [0, 0.1) is 0 Å². The Kier molecular flexibility index (Phi) is 2.28. The number of carboxylic acids is 1. The number of primary amides is 1. The van der Waals surface area contributed by atoms with Crippen LogP contribution in [0.2, 0.25) is 0 Å². The van der Waals surface area contributed by atoms with Crippen LogP contribution < -0.4 is 5.73 Å². The fraction of sp³-hybridized carbons (Fsp3) is 0.111. The average molecular weight is 220 g/mol. The molecule has 0 atom stereocenters. The van der Waals surface area contributed by atoms with Gasteiger partial charge in [0.2, 0.25) is 5.91 Å². The van der Waals surface area contributed by atoms with Crippen LogP contribution in [-0.2, 0) is 11.3 Å². The third-order valence-electron chi connectivity index (χ3n) is 2.02. The summed E-state index contributed by atoms with van der Waals surface area (Å²) in [7, 11) is 0. The van der Waals surface area contributed by atoms with Crippen LogP contribution in [0.3, 0.4) is 0 Å². The van der Waals surface area contributed by atoms with Gasteiger partial charge in [-0.15, -0.1) is 0 Å². The van der Waals surface area contributed by atoms with Crippen molar-refractivity contribution >= 4 is 22.9 Å². The third-order valence-corrected chi connectivity index (χ3v) is 2.02. The molecule has 0 radical (unpaired) electrons. The molecule has 82 valence electrons. The second-order valence-electron chi connectivity index (χ2n) is 3.15. The third kappa shape index (κ3) is 1.58. The lowest BCUT2D eigenvalue weighted by atomic mass is 10.3. The van der Waals surface area contributed by atoms with E-state index < -0.39 is 11.9 Å². The Morgan fingerprint density at radius 3 is 2.88 bits per heavy atom. The van der Waals surface area contributed by atoms with Gasteiger partial charge >= 0.3 is 5.97 Å². The summed E-state index contributed by atoms with van der Waals surface area (Å²) in [4.78, 5) is 25.6. The van der Waals surface area contributed by atoms with E-state index in [4.69, 9.17) is 10.8 Å². The number of amides is 1. The molecule has 7 nitrogen and oxygen atoms in total. The highest BCUT2D eigenvalue weighted by Crippen LogP contribution is 2.15. The zero-order valence-corrected chi connectivity index (χ0v) is 8.12. The molecule has 0 aliphatic carbocycles. The number of hydrogen-bond acceptors (Lipinski definition) is 4. The van der Waals surface area contributed by atoms with Crippen molar-refractivity contribution in [1.82, 2.24) is 14.8 Å². The SMILES string of the molecule is NC(=O)Cn1nc(C(=O)O)c2cccnc21. The summed E-state index contributed by atoms with van der Waals surface area (Å²) in [6, 6.07) is 3.18. The van der Waals surface area contributed by atoms with E-state index >= 15 is 0 Å². The Hall–Kier alpha value is -2.44. The zero-order chi connectivity index (χ0) is 11.7. The molecular weight excluding hydrogens is 212 g/mol. The van der Waals surface area contributed by atoms with Gasteiger partial charge in [-0.1, -0.05) is 0 Å². The van der Waals surface area contributed by atoms with E-state index in [1.54, 1.807) is 12.1 Å². The van der Waals surface area contributed by atoms with Crippen LogP contribution in [0.5, 0.6) is 0 Å². The van der Waals surface area contributed by atoms with Gasteiger partial charge in [0.1, 0.15) is 6.54 Å². The zero-order valence-electron chi connectivity index (χ0n) is 8.12. The summed E-state index contributed by atoms with van der Waals surface area (Å²) in [5.74, 6) is -1.77. The van der Waals surface area contributed by atoms with Gasteiger partial charge in [-0.25, -0.2) is 14.5 Å². The molecule has 0 aliphatic heterocycles. The number of carbonyl (C=O) groups excluding carboxylic acids is 1. The van der Waals surface area contributed by atoms with Crippen molar-refractivity contribution in [2.45, 2.75) is 6.54 Å². The van der Waals surface area contributed by atoms with Gasteiger partial charge in [0.15, 0.2) is 11.3 Å². The first-order valence-electron chi connectivity index (χ1n) is 4.42. The summed E-state index contributed by atoms with van der Waals surface area (Å²) >= 11 is 0. The van der Waals surface area contributed by atoms with Crippen molar-refractivity contribution in [3.05, 3.63) is 24.0 Å². The molecule has 7 heteroatoms. The molecule has 16 heavy (non-hydrogen) atoms. The van der Waals surface area contributed by atoms with Crippen molar-refractivity contribution in [1.29, 1.82) is 0 Å². The van der Waals surface area contributed by atoms with Crippen molar-refractivity contribution in [3.63, 3.8) is 0 Å². The van der Waals surface area contributed by atoms with Crippen LogP contribution in [0.4, 0.5) is 0 Å². The van der Waals surface area contributed by atoms with Crippen molar-refractivity contribution in [2.24, 2.45) is 5.73 Å². The minimum absolute atomic E-state index is 0.135. The molecule has 2 heterocycles. The van der Waals surface area contributed by atoms with E-state index in [1.807, 2.05) is 0 Å². The standard InChI is InChI=1S/C9H8N4O3/c10-6(14)4-13-8-5(2-1-3-11-8)7(12-13)9(15)16/h1-3H,4H2,(H2,10,14)(H,15,16). The summed E-state index contributed by atoms with van der Waals surface area (Å²) in [6.45, 7) is -0.194. The first-order chi connectivity index (χ1) is 7.59. The quantitative estimate of drug-likeness (QED) is 0.732. The molecule has 0 unspecified atom stereocenters. The molecule has 0 fully saturated rings. The van der Waals surface area contributed by atoms with Crippen LogP contribution >= 0.6 is 0 Å².